The summed E-state index contributed by atoms with van der Waals surface area (Å²) in [5.74, 6) is -0.0796. The molecule has 1 N–H and O–H groups in total. The van der Waals surface area contributed by atoms with Crippen molar-refractivity contribution in [3.8, 4) is 0 Å². The van der Waals surface area contributed by atoms with Crippen LogP contribution in [0.4, 0.5) is 0 Å². The first-order valence-corrected chi connectivity index (χ1v) is 4.66. The number of hydrogen-bond acceptors (Lipinski definition) is 5. The topological polar surface area (TPSA) is 58.1 Å². The molecule has 1 aromatic rings. The lowest BCUT2D eigenvalue weighted by atomic mass is 10.4. The highest BCUT2D eigenvalue weighted by atomic mass is 35.5. The first kappa shape index (κ1) is 13.3. The Labute approximate surface area is 93.2 Å². The monoisotopic (exact) mass is 236 g/mol. The van der Waals surface area contributed by atoms with Crippen LogP contribution in [0.3, 0.4) is 0 Å². The Morgan fingerprint density at radius 3 is 2.93 bits per heavy atom. The zero-order valence-corrected chi connectivity index (χ0v) is 9.69. The van der Waals surface area contributed by atoms with Gasteiger partial charge < -0.3 is 10.2 Å². The largest absolute Gasteiger partial charge is 0.339 e. The Hall–Kier alpha value is -0.720. The van der Waals surface area contributed by atoms with Gasteiger partial charge in [0.15, 0.2) is 5.69 Å². The number of likely N-dealkylation sites (N-methyl/N-ethyl adjacent to an activating group) is 2. The Bertz CT molecular complexity index is 267. The smallest absolute Gasteiger partial charge is 0.275 e. The summed E-state index contributed by atoms with van der Waals surface area (Å²) in [5.41, 5.74) is 0.420. The first-order valence-electron chi connectivity index (χ1n) is 3.93. The van der Waals surface area contributed by atoms with Gasteiger partial charge in [-0.25, -0.2) is 0 Å². The lowest BCUT2D eigenvalue weighted by Crippen LogP contribution is -2.32. The molecule has 5 nitrogen and oxygen atoms in total. The van der Waals surface area contributed by atoms with Crippen molar-refractivity contribution in [2.75, 3.05) is 27.2 Å². The Morgan fingerprint density at radius 1 is 1.71 bits per heavy atom. The number of nitrogens with zero attached hydrogens (tertiary/aromatic N) is 3. The van der Waals surface area contributed by atoms with Gasteiger partial charge in [-0.05, 0) is 7.05 Å². The number of amides is 1. The average molecular weight is 237 g/mol. The van der Waals surface area contributed by atoms with Crippen LogP contribution >= 0.6 is 24.1 Å². The highest BCUT2D eigenvalue weighted by molar-refractivity contribution is 6.99. The van der Waals surface area contributed by atoms with Gasteiger partial charge >= 0.3 is 0 Å². The van der Waals surface area contributed by atoms with Gasteiger partial charge in [-0.2, -0.15) is 8.75 Å². The van der Waals surface area contributed by atoms with E-state index >= 15 is 0 Å². The van der Waals surface area contributed by atoms with Gasteiger partial charge in [0.25, 0.3) is 5.91 Å². The molecule has 0 unspecified atom stereocenters. The molecule has 0 bridgehead atoms. The predicted octanol–water partition coefficient (Wildman–Crippen LogP) is 0.251. The van der Waals surface area contributed by atoms with Crippen LogP contribution in [0.2, 0.25) is 0 Å². The van der Waals surface area contributed by atoms with Crippen molar-refractivity contribution in [2.24, 2.45) is 0 Å². The van der Waals surface area contributed by atoms with Gasteiger partial charge in [0.2, 0.25) is 0 Å². The van der Waals surface area contributed by atoms with Crippen LogP contribution in [-0.4, -0.2) is 46.7 Å². The Morgan fingerprint density at radius 2 is 2.43 bits per heavy atom. The van der Waals surface area contributed by atoms with Crippen molar-refractivity contribution in [2.45, 2.75) is 0 Å². The Kier molecular flexibility index (Phi) is 6.35. The maximum atomic E-state index is 11.5. The summed E-state index contributed by atoms with van der Waals surface area (Å²) in [6.45, 7) is 1.45. The number of nitrogens with one attached hydrogen (secondary N) is 1. The summed E-state index contributed by atoms with van der Waals surface area (Å²) in [4.78, 5) is 13.1. The minimum Gasteiger partial charge on any atom is -0.339 e. The van der Waals surface area contributed by atoms with E-state index in [2.05, 4.69) is 14.1 Å². The molecule has 1 aromatic heterocycles. The summed E-state index contributed by atoms with van der Waals surface area (Å²) in [5, 5.41) is 2.97. The maximum Gasteiger partial charge on any atom is 0.275 e. The average Bonchev–Trinajstić information content (AvgIpc) is 2.65. The van der Waals surface area contributed by atoms with Crippen molar-refractivity contribution in [1.82, 2.24) is 19.0 Å². The molecule has 0 aromatic carbocycles. The van der Waals surface area contributed by atoms with Crippen LogP contribution < -0.4 is 5.32 Å². The minimum atomic E-state index is -0.0796. The molecule has 0 aliphatic heterocycles. The van der Waals surface area contributed by atoms with E-state index in [9.17, 15) is 4.79 Å². The molecule has 0 aliphatic carbocycles. The van der Waals surface area contributed by atoms with Crippen LogP contribution in [0.1, 0.15) is 10.5 Å². The summed E-state index contributed by atoms with van der Waals surface area (Å²) in [6, 6.07) is 0. The molecule has 14 heavy (non-hydrogen) atoms. The fourth-order valence-electron chi connectivity index (χ4n) is 0.835. The van der Waals surface area contributed by atoms with Gasteiger partial charge in [-0.3, -0.25) is 4.79 Å². The van der Waals surface area contributed by atoms with Gasteiger partial charge in [-0.15, -0.1) is 12.4 Å². The van der Waals surface area contributed by atoms with Crippen LogP contribution in [0, 0.1) is 0 Å². The summed E-state index contributed by atoms with van der Waals surface area (Å²) in [6.07, 6.45) is 1.49. The molecular weight excluding hydrogens is 224 g/mol. The molecule has 7 heteroatoms. The molecule has 0 atom stereocenters. The normalized spacial score (nSPS) is 9.29. The molecule has 1 heterocycles. The molecule has 0 aliphatic rings. The number of hydrogen-bond donors (Lipinski definition) is 1. The SMILES string of the molecule is CNCCN(C)C(=O)c1cnsn1.Cl. The lowest BCUT2D eigenvalue weighted by Gasteiger charge is -2.14. The molecule has 0 spiro atoms. The van der Waals surface area contributed by atoms with E-state index in [4.69, 9.17) is 0 Å². The van der Waals surface area contributed by atoms with Gasteiger partial charge in [0.05, 0.1) is 17.9 Å². The van der Waals surface area contributed by atoms with Gasteiger partial charge in [-0.1, -0.05) is 0 Å². The van der Waals surface area contributed by atoms with E-state index in [-0.39, 0.29) is 18.3 Å². The third kappa shape index (κ3) is 3.57. The minimum absolute atomic E-state index is 0. The van der Waals surface area contributed by atoms with Crippen molar-refractivity contribution in [3.05, 3.63) is 11.9 Å². The number of halogens is 1. The fourth-order valence-corrected chi connectivity index (χ4v) is 1.24. The second kappa shape index (κ2) is 6.69. The summed E-state index contributed by atoms with van der Waals surface area (Å²) in [7, 11) is 3.60. The van der Waals surface area contributed by atoms with Crippen LogP contribution in [0.5, 0.6) is 0 Å². The lowest BCUT2D eigenvalue weighted by molar-refractivity contribution is 0.0792. The molecule has 0 fully saturated rings. The predicted molar refractivity (Wildman–Crippen MR) is 58.0 cm³/mol. The van der Waals surface area contributed by atoms with Crippen LogP contribution in [-0.2, 0) is 0 Å². The van der Waals surface area contributed by atoms with Gasteiger partial charge in [0, 0.05) is 20.1 Å². The van der Waals surface area contributed by atoms with Crippen LogP contribution in [0.15, 0.2) is 6.20 Å². The maximum absolute atomic E-state index is 11.5. The molecule has 0 radical (unpaired) electrons. The zero-order chi connectivity index (χ0) is 9.68. The van der Waals surface area contributed by atoms with E-state index in [1.54, 1.807) is 11.9 Å². The van der Waals surface area contributed by atoms with Crippen molar-refractivity contribution in [1.29, 1.82) is 0 Å². The highest BCUT2D eigenvalue weighted by Crippen LogP contribution is 1.99. The first-order chi connectivity index (χ1) is 6.25. The zero-order valence-electron chi connectivity index (χ0n) is 8.06. The third-order valence-corrected chi connectivity index (χ3v) is 2.10. The summed E-state index contributed by atoms with van der Waals surface area (Å²) < 4.78 is 7.64. The van der Waals surface area contributed by atoms with E-state index in [1.807, 2.05) is 7.05 Å². The van der Waals surface area contributed by atoms with Gasteiger partial charge in [0.1, 0.15) is 0 Å². The highest BCUT2D eigenvalue weighted by Gasteiger charge is 2.12. The quantitative estimate of drug-likeness (QED) is 0.815. The Balaban J connectivity index is 0.00000169. The van der Waals surface area contributed by atoms with Crippen LogP contribution in [0.25, 0.3) is 0 Å². The van der Waals surface area contributed by atoms with E-state index in [0.29, 0.717) is 12.2 Å². The number of aromatic nitrogens is 2. The molecular formula is C7H13ClN4OS. The second-order valence-corrected chi connectivity index (χ2v) is 3.18. The molecule has 0 saturated heterocycles. The van der Waals surface area contributed by atoms with E-state index in [1.165, 1.54) is 6.20 Å². The number of carbonyl (C=O) groups is 1. The molecule has 1 rings (SSSR count). The standard InChI is InChI=1S/C7H12N4OS.ClH/c1-8-3-4-11(2)7(12)6-5-9-13-10-6;/h5,8H,3-4H2,1-2H3;1H. The van der Waals surface area contributed by atoms with Crippen molar-refractivity contribution in [3.63, 3.8) is 0 Å². The molecule has 1 amide bonds. The second-order valence-electron chi connectivity index (χ2n) is 2.62. The molecule has 0 saturated carbocycles. The van der Waals surface area contributed by atoms with Crippen molar-refractivity contribution < 1.29 is 4.79 Å². The fraction of sp³-hybridized carbons (Fsp3) is 0.571. The summed E-state index contributed by atoms with van der Waals surface area (Å²) >= 11 is 1.05. The number of rotatable bonds is 4. The molecule has 80 valence electrons. The van der Waals surface area contributed by atoms with E-state index in [0.717, 1.165) is 18.3 Å². The van der Waals surface area contributed by atoms with E-state index < -0.39 is 0 Å². The van der Waals surface area contributed by atoms with Crippen molar-refractivity contribution >= 4 is 30.0 Å². The number of carbonyl (C=O) groups excluding carboxylic acids is 1. The third-order valence-electron chi connectivity index (χ3n) is 1.62.